The Bertz CT molecular complexity index is 852. The van der Waals surface area contributed by atoms with Crippen molar-refractivity contribution in [2.45, 2.75) is 19.4 Å². The summed E-state index contributed by atoms with van der Waals surface area (Å²) in [5, 5.41) is 2.89. The average molecular weight is 398 g/mol. The van der Waals surface area contributed by atoms with Crippen molar-refractivity contribution in [2.24, 2.45) is 5.92 Å². The van der Waals surface area contributed by atoms with Gasteiger partial charge in [0.25, 0.3) is 0 Å². The Balaban J connectivity index is 1.49. The highest BCUT2D eigenvalue weighted by Crippen LogP contribution is 2.26. The molecule has 0 radical (unpaired) electrons. The van der Waals surface area contributed by atoms with E-state index in [0.717, 1.165) is 11.3 Å². The predicted octanol–water partition coefficient (Wildman–Crippen LogP) is 2.87. The second-order valence-corrected chi connectivity index (χ2v) is 6.84. The topological polar surface area (TPSA) is 81.0 Å². The molecule has 2 aromatic rings. The zero-order chi connectivity index (χ0) is 20.6. The number of rotatable bonds is 7. The van der Waals surface area contributed by atoms with Crippen LogP contribution in [0.3, 0.4) is 0 Å². The maximum absolute atomic E-state index is 12.5. The Labute approximate surface area is 170 Å². The van der Waals surface area contributed by atoms with Gasteiger partial charge in [-0.05, 0) is 43.2 Å². The molecule has 1 aliphatic rings. The van der Waals surface area contributed by atoms with Gasteiger partial charge in [0.05, 0.1) is 27.0 Å². The van der Waals surface area contributed by atoms with Gasteiger partial charge < -0.3 is 24.1 Å². The molecule has 1 aromatic heterocycles. The smallest absolute Gasteiger partial charge is 0.246 e. The molecule has 3 rings (SSSR count). The first-order valence-corrected chi connectivity index (χ1v) is 9.60. The number of methoxy groups -OCH3 is 2. The summed E-state index contributed by atoms with van der Waals surface area (Å²) in [4.78, 5) is 26.6. The van der Waals surface area contributed by atoms with Crippen LogP contribution in [-0.4, -0.2) is 44.0 Å². The summed E-state index contributed by atoms with van der Waals surface area (Å²) in [6.07, 6.45) is 6.16. The number of carbonyl (C=O) groups is 2. The highest BCUT2D eigenvalue weighted by molar-refractivity contribution is 5.92. The first kappa shape index (κ1) is 20.5. The van der Waals surface area contributed by atoms with Crippen molar-refractivity contribution in [3.05, 3.63) is 54.0 Å². The van der Waals surface area contributed by atoms with Crippen LogP contribution < -0.4 is 14.8 Å². The fourth-order valence-electron chi connectivity index (χ4n) is 3.32. The largest absolute Gasteiger partial charge is 0.497 e. The Morgan fingerprint density at radius 3 is 2.66 bits per heavy atom. The molecule has 1 saturated heterocycles. The van der Waals surface area contributed by atoms with Crippen LogP contribution in [0, 0.1) is 5.92 Å². The minimum Gasteiger partial charge on any atom is -0.497 e. The van der Waals surface area contributed by atoms with Crippen molar-refractivity contribution in [2.75, 3.05) is 27.3 Å². The van der Waals surface area contributed by atoms with Gasteiger partial charge in [-0.15, -0.1) is 0 Å². The minimum absolute atomic E-state index is 0.00649. The Morgan fingerprint density at radius 1 is 1.21 bits per heavy atom. The average Bonchev–Trinajstić information content (AvgIpc) is 3.29. The van der Waals surface area contributed by atoms with Crippen molar-refractivity contribution in [1.29, 1.82) is 0 Å². The molecule has 0 aliphatic carbocycles. The molecule has 0 atom stereocenters. The second kappa shape index (κ2) is 9.82. The SMILES string of the molecule is COc1ccc(/C=C/C(=O)N2CCC(C(=O)NCc3ccco3)CC2)c(OC)c1. The maximum atomic E-state index is 12.5. The zero-order valence-electron chi connectivity index (χ0n) is 16.7. The summed E-state index contributed by atoms with van der Waals surface area (Å²) >= 11 is 0. The molecular formula is C22H26N2O5. The lowest BCUT2D eigenvalue weighted by molar-refractivity contribution is -0.132. The molecule has 0 unspecified atom stereocenters. The number of ether oxygens (including phenoxy) is 2. The van der Waals surface area contributed by atoms with Crippen molar-refractivity contribution >= 4 is 17.9 Å². The van der Waals surface area contributed by atoms with E-state index in [1.807, 2.05) is 18.2 Å². The van der Waals surface area contributed by atoms with Crippen LogP contribution in [0.15, 0.2) is 47.1 Å². The molecule has 29 heavy (non-hydrogen) atoms. The van der Waals surface area contributed by atoms with Crippen LogP contribution in [0.5, 0.6) is 11.5 Å². The number of hydrogen-bond acceptors (Lipinski definition) is 5. The Morgan fingerprint density at radius 2 is 2.00 bits per heavy atom. The van der Waals surface area contributed by atoms with E-state index in [1.54, 1.807) is 49.7 Å². The van der Waals surface area contributed by atoms with Gasteiger partial charge in [0, 0.05) is 36.7 Å². The Hall–Kier alpha value is -3.22. The molecule has 1 aliphatic heterocycles. The summed E-state index contributed by atoms with van der Waals surface area (Å²) < 4.78 is 15.8. The van der Waals surface area contributed by atoms with Crippen LogP contribution in [0.4, 0.5) is 0 Å². The summed E-state index contributed by atoms with van der Waals surface area (Å²) in [5.41, 5.74) is 0.800. The fraction of sp³-hybridized carbons (Fsp3) is 0.364. The number of piperidine rings is 1. The summed E-state index contributed by atoms with van der Waals surface area (Å²) in [7, 11) is 3.17. The third kappa shape index (κ3) is 5.40. The molecule has 2 heterocycles. The van der Waals surface area contributed by atoms with E-state index < -0.39 is 0 Å². The first-order valence-electron chi connectivity index (χ1n) is 9.60. The molecule has 1 fully saturated rings. The lowest BCUT2D eigenvalue weighted by Crippen LogP contribution is -2.42. The number of hydrogen-bond donors (Lipinski definition) is 1. The molecule has 1 N–H and O–H groups in total. The fourth-order valence-corrected chi connectivity index (χ4v) is 3.32. The first-order chi connectivity index (χ1) is 14.1. The number of amides is 2. The zero-order valence-corrected chi connectivity index (χ0v) is 16.7. The number of carbonyl (C=O) groups excluding carboxylic acids is 2. The van der Waals surface area contributed by atoms with Gasteiger partial charge >= 0.3 is 0 Å². The maximum Gasteiger partial charge on any atom is 0.246 e. The van der Waals surface area contributed by atoms with E-state index in [1.165, 1.54) is 0 Å². The van der Waals surface area contributed by atoms with Crippen molar-refractivity contribution < 1.29 is 23.5 Å². The van der Waals surface area contributed by atoms with Crippen LogP contribution >= 0.6 is 0 Å². The molecule has 0 saturated carbocycles. The van der Waals surface area contributed by atoms with E-state index in [2.05, 4.69) is 5.32 Å². The normalized spacial score (nSPS) is 14.8. The van der Waals surface area contributed by atoms with Gasteiger partial charge in [0.15, 0.2) is 0 Å². The number of likely N-dealkylation sites (tertiary alicyclic amines) is 1. The van der Waals surface area contributed by atoms with E-state index in [-0.39, 0.29) is 17.7 Å². The van der Waals surface area contributed by atoms with Gasteiger partial charge in [0.2, 0.25) is 11.8 Å². The van der Waals surface area contributed by atoms with E-state index in [4.69, 9.17) is 13.9 Å². The molecule has 7 heteroatoms. The molecule has 154 valence electrons. The quantitative estimate of drug-likeness (QED) is 0.726. The molecule has 2 amide bonds. The number of furan rings is 1. The Kier molecular flexibility index (Phi) is 6.94. The molecular weight excluding hydrogens is 372 g/mol. The second-order valence-electron chi connectivity index (χ2n) is 6.84. The number of nitrogens with one attached hydrogen (secondary N) is 1. The van der Waals surface area contributed by atoms with E-state index in [0.29, 0.717) is 44.0 Å². The third-order valence-electron chi connectivity index (χ3n) is 5.04. The van der Waals surface area contributed by atoms with Crippen molar-refractivity contribution in [3.63, 3.8) is 0 Å². The molecule has 1 aromatic carbocycles. The van der Waals surface area contributed by atoms with Gasteiger partial charge in [0.1, 0.15) is 17.3 Å². The minimum atomic E-state index is -0.0836. The summed E-state index contributed by atoms with van der Waals surface area (Å²) in [5.74, 6) is 1.91. The lowest BCUT2D eigenvalue weighted by Gasteiger charge is -2.30. The van der Waals surface area contributed by atoms with Crippen molar-refractivity contribution in [3.8, 4) is 11.5 Å². The third-order valence-corrected chi connectivity index (χ3v) is 5.04. The van der Waals surface area contributed by atoms with E-state index >= 15 is 0 Å². The van der Waals surface area contributed by atoms with E-state index in [9.17, 15) is 9.59 Å². The summed E-state index contributed by atoms with van der Waals surface area (Å²) in [6, 6.07) is 9.06. The van der Waals surface area contributed by atoms with Crippen molar-refractivity contribution in [1.82, 2.24) is 10.2 Å². The van der Waals surface area contributed by atoms with Crippen LogP contribution in [0.25, 0.3) is 6.08 Å². The van der Waals surface area contributed by atoms with Gasteiger partial charge in [-0.1, -0.05) is 0 Å². The highest BCUT2D eigenvalue weighted by Gasteiger charge is 2.26. The monoisotopic (exact) mass is 398 g/mol. The lowest BCUT2D eigenvalue weighted by atomic mass is 9.96. The van der Waals surface area contributed by atoms with Crippen LogP contribution in [0.2, 0.25) is 0 Å². The van der Waals surface area contributed by atoms with Gasteiger partial charge in [-0.25, -0.2) is 0 Å². The molecule has 0 bridgehead atoms. The van der Waals surface area contributed by atoms with Gasteiger partial charge in [-0.2, -0.15) is 0 Å². The molecule has 0 spiro atoms. The number of benzene rings is 1. The molecule has 7 nitrogen and oxygen atoms in total. The van der Waals surface area contributed by atoms with Crippen LogP contribution in [-0.2, 0) is 16.1 Å². The predicted molar refractivity (Wildman–Crippen MR) is 108 cm³/mol. The van der Waals surface area contributed by atoms with Crippen LogP contribution in [0.1, 0.15) is 24.2 Å². The highest BCUT2D eigenvalue weighted by atomic mass is 16.5. The van der Waals surface area contributed by atoms with Gasteiger partial charge in [-0.3, -0.25) is 9.59 Å². The number of nitrogens with zero attached hydrogens (tertiary/aromatic N) is 1. The summed E-state index contributed by atoms with van der Waals surface area (Å²) in [6.45, 7) is 1.50. The standard InChI is InChI=1S/C22H26N2O5/c1-27-18-7-5-16(20(14-18)28-2)6-8-21(25)24-11-9-17(10-12-24)22(26)23-15-19-4-3-13-29-19/h3-8,13-14,17H,9-12,15H2,1-2H3,(H,23,26)/b8-6+.